The summed E-state index contributed by atoms with van der Waals surface area (Å²) in [5, 5.41) is 0.752. The average molecular weight is 562 g/mol. The third-order valence-corrected chi connectivity index (χ3v) is 9.48. The molecule has 1 aliphatic heterocycles. The zero-order chi connectivity index (χ0) is 25.8. The first kappa shape index (κ1) is 27.6. The first-order valence-electron chi connectivity index (χ1n) is 10.8. The molecule has 0 unspecified atom stereocenters. The predicted octanol–water partition coefficient (Wildman–Crippen LogP) is 4.00. The number of allylic oxidation sites excluding steroid dienone is 1. The second kappa shape index (κ2) is 11.4. The molecule has 0 bridgehead atoms. The summed E-state index contributed by atoms with van der Waals surface area (Å²) in [5.74, 6) is -0.666. The molecule has 2 aromatic rings. The van der Waals surface area contributed by atoms with Crippen molar-refractivity contribution in [1.29, 1.82) is 0 Å². The Hall–Kier alpha value is -1.95. The molecule has 12 heteroatoms. The number of hydrogen-bond acceptors (Lipinski definition) is 6. The molecule has 1 N–H and O–H groups in total. The van der Waals surface area contributed by atoms with Crippen molar-refractivity contribution in [3.05, 3.63) is 70.2 Å². The summed E-state index contributed by atoms with van der Waals surface area (Å²) in [4.78, 5) is 12.6. The van der Waals surface area contributed by atoms with Crippen molar-refractivity contribution in [2.45, 2.75) is 48.1 Å². The van der Waals surface area contributed by atoms with Crippen LogP contribution in [0.4, 0.5) is 0 Å². The van der Waals surface area contributed by atoms with Gasteiger partial charge in [-0.05, 0) is 61.4 Å². The second-order valence-corrected chi connectivity index (χ2v) is 12.5. The van der Waals surface area contributed by atoms with Crippen LogP contribution in [0.1, 0.15) is 26.2 Å². The van der Waals surface area contributed by atoms with Crippen LogP contribution in [0, 0.1) is 0 Å². The van der Waals surface area contributed by atoms with Crippen LogP contribution in [0.2, 0.25) is 10.0 Å². The van der Waals surface area contributed by atoms with Gasteiger partial charge in [-0.2, -0.15) is 4.31 Å². The van der Waals surface area contributed by atoms with Crippen LogP contribution < -0.4 is 4.72 Å². The highest BCUT2D eigenvalue weighted by Gasteiger charge is 2.45. The molecule has 1 fully saturated rings. The third kappa shape index (κ3) is 6.44. The highest BCUT2D eigenvalue weighted by Crippen LogP contribution is 2.32. The van der Waals surface area contributed by atoms with Crippen LogP contribution in [0.25, 0.3) is 0 Å². The molecule has 0 saturated carbocycles. The monoisotopic (exact) mass is 560 g/mol. The average Bonchev–Trinajstić information content (AvgIpc) is 3.23. The van der Waals surface area contributed by atoms with Crippen molar-refractivity contribution in [3.8, 4) is 0 Å². The number of rotatable bonds is 9. The van der Waals surface area contributed by atoms with E-state index in [1.807, 2.05) is 6.92 Å². The lowest BCUT2D eigenvalue weighted by atomic mass is 10.0. The first-order valence-corrected chi connectivity index (χ1v) is 14.5. The number of hydrogen-bond donors (Lipinski definition) is 1. The third-order valence-electron chi connectivity index (χ3n) is 5.55. The van der Waals surface area contributed by atoms with Gasteiger partial charge in [-0.15, -0.1) is 0 Å². The Bertz CT molecular complexity index is 1290. The Labute approximate surface area is 216 Å². The largest absolute Gasteiger partial charge is 0.466 e. The van der Waals surface area contributed by atoms with Gasteiger partial charge in [0, 0.05) is 22.6 Å². The Morgan fingerprint density at radius 3 is 2.09 bits per heavy atom. The molecule has 0 radical (unpaired) electrons. The van der Waals surface area contributed by atoms with Crippen molar-refractivity contribution < 1.29 is 26.4 Å². The fourth-order valence-corrected chi connectivity index (χ4v) is 7.01. The number of benzene rings is 2. The highest BCUT2D eigenvalue weighted by atomic mass is 35.5. The second-order valence-electron chi connectivity index (χ2n) is 7.99. The Morgan fingerprint density at radius 2 is 1.57 bits per heavy atom. The molecule has 1 heterocycles. The quantitative estimate of drug-likeness (QED) is 0.366. The Morgan fingerprint density at radius 1 is 1.03 bits per heavy atom. The fraction of sp³-hybridized carbons (Fsp3) is 0.348. The van der Waals surface area contributed by atoms with E-state index in [1.54, 1.807) is 6.08 Å². The number of nitrogens with one attached hydrogen (secondary N) is 1. The van der Waals surface area contributed by atoms with E-state index in [1.165, 1.54) is 55.6 Å². The van der Waals surface area contributed by atoms with Crippen molar-refractivity contribution in [3.63, 3.8) is 0 Å². The summed E-state index contributed by atoms with van der Waals surface area (Å²) in [6, 6.07) is 9.55. The van der Waals surface area contributed by atoms with E-state index in [0.29, 0.717) is 16.5 Å². The van der Waals surface area contributed by atoms with Crippen LogP contribution in [-0.4, -0.2) is 52.8 Å². The van der Waals surface area contributed by atoms with Crippen molar-refractivity contribution in [2.75, 3.05) is 13.7 Å². The molecule has 0 spiro atoms. The molecule has 35 heavy (non-hydrogen) atoms. The maximum absolute atomic E-state index is 13.6. The number of ether oxygens (including phenoxy) is 1. The summed E-state index contributed by atoms with van der Waals surface area (Å²) < 4.78 is 61.7. The van der Waals surface area contributed by atoms with Crippen molar-refractivity contribution in [1.82, 2.24) is 9.03 Å². The Kier molecular flexibility index (Phi) is 9.01. The highest BCUT2D eigenvalue weighted by molar-refractivity contribution is 7.89. The lowest BCUT2D eigenvalue weighted by Crippen LogP contribution is -2.40. The van der Waals surface area contributed by atoms with Gasteiger partial charge in [-0.25, -0.2) is 26.4 Å². The van der Waals surface area contributed by atoms with E-state index in [2.05, 4.69) is 4.72 Å². The predicted molar refractivity (Wildman–Crippen MR) is 134 cm³/mol. The summed E-state index contributed by atoms with van der Waals surface area (Å²) >= 11 is 11.8. The van der Waals surface area contributed by atoms with Crippen LogP contribution in [0.3, 0.4) is 0 Å². The molecular formula is C23H26Cl2N2O6S2. The first-order chi connectivity index (χ1) is 16.5. The number of halogens is 2. The molecule has 190 valence electrons. The molecular weight excluding hydrogens is 535 g/mol. The SMILES string of the molecule is CCC/C=C(\C(=O)OC)[C@@H]1C[C@@H](NS(=O)(=O)c2ccc(Cl)cc2)CN1S(=O)(=O)c1ccc(Cl)cc1. The van der Waals surface area contributed by atoms with Crippen molar-refractivity contribution in [2.24, 2.45) is 0 Å². The lowest BCUT2D eigenvalue weighted by Gasteiger charge is -2.25. The minimum absolute atomic E-state index is 0.00725. The van der Waals surface area contributed by atoms with E-state index >= 15 is 0 Å². The smallest absolute Gasteiger partial charge is 0.335 e. The van der Waals surface area contributed by atoms with E-state index in [0.717, 1.165) is 10.7 Å². The molecule has 0 aromatic heterocycles. The zero-order valence-electron chi connectivity index (χ0n) is 19.1. The van der Waals surface area contributed by atoms with Crippen LogP contribution >= 0.6 is 23.2 Å². The number of sulfonamides is 2. The van der Waals surface area contributed by atoms with Gasteiger partial charge in [-0.1, -0.05) is 42.6 Å². The number of unbranched alkanes of at least 4 members (excludes halogenated alkanes) is 1. The van der Waals surface area contributed by atoms with Gasteiger partial charge in [0.05, 0.1) is 28.5 Å². The molecule has 3 rings (SSSR count). The Balaban J connectivity index is 2.00. The number of methoxy groups -OCH3 is 1. The molecule has 8 nitrogen and oxygen atoms in total. The fourth-order valence-electron chi connectivity index (χ4n) is 3.86. The summed E-state index contributed by atoms with van der Waals surface area (Å²) in [7, 11) is -6.86. The van der Waals surface area contributed by atoms with E-state index in [4.69, 9.17) is 27.9 Å². The number of carbonyl (C=O) groups excluding carboxylic acids is 1. The molecule has 0 aliphatic carbocycles. The van der Waals surface area contributed by atoms with Gasteiger partial charge in [0.15, 0.2) is 0 Å². The molecule has 2 aromatic carbocycles. The standard InChI is InChI=1S/C23H26Cl2N2O6S2/c1-3-4-5-21(23(28)33-2)22-14-18(26-34(29,30)19-10-6-16(24)7-11-19)15-27(22)35(31,32)20-12-8-17(25)9-13-20/h5-13,18,22,26H,3-4,14-15H2,1-2H3/b21-5-/t18-,22+/m1/s1. The summed E-state index contributed by atoms with van der Waals surface area (Å²) in [5.41, 5.74) is 0.167. The van der Waals surface area contributed by atoms with Gasteiger partial charge in [0.25, 0.3) is 0 Å². The van der Waals surface area contributed by atoms with Crippen LogP contribution in [-0.2, 0) is 29.6 Å². The summed E-state index contributed by atoms with van der Waals surface area (Å²) in [6.07, 6.45) is 2.95. The lowest BCUT2D eigenvalue weighted by molar-refractivity contribution is -0.136. The van der Waals surface area contributed by atoms with Crippen molar-refractivity contribution >= 4 is 49.2 Å². The number of esters is 1. The maximum Gasteiger partial charge on any atom is 0.335 e. The minimum atomic E-state index is -4.10. The zero-order valence-corrected chi connectivity index (χ0v) is 22.3. The van der Waals surface area contributed by atoms with Gasteiger partial charge in [-0.3, -0.25) is 0 Å². The number of nitrogens with zero attached hydrogens (tertiary/aromatic N) is 1. The maximum atomic E-state index is 13.6. The number of carbonyl (C=O) groups is 1. The normalized spacial score (nSPS) is 19.6. The molecule has 1 saturated heterocycles. The molecule has 1 aliphatic rings. The topological polar surface area (TPSA) is 110 Å². The van der Waals surface area contributed by atoms with Gasteiger partial charge < -0.3 is 4.74 Å². The van der Waals surface area contributed by atoms with Gasteiger partial charge >= 0.3 is 5.97 Å². The molecule has 0 amide bonds. The van der Waals surface area contributed by atoms with Crippen LogP contribution in [0.15, 0.2) is 70.0 Å². The van der Waals surface area contributed by atoms with Crippen LogP contribution in [0.5, 0.6) is 0 Å². The summed E-state index contributed by atoms with van der Waals surface area (Å²) in [6.45, 7) is 1.74. The molecule has 2 atom stereocenters. The minimum Gasteiger partial charge on any atom is -0.466 e. The van der Waals surface area contributed by atoms with E-state index < -0.39 is 38.1 Å². The van der Waals surface area contributed by atoms with E-state index in [-0.39, 0.29) is 28.3 Å². The van der Waals surface area contributed by atoms with E-state index in [9.17, 15) is 21.6 Å². The van der Waals surface area contributed by atoms with Gasteiger partial charge in [0.2, 0.25) is 20.0 Å². The van der Waals surface area contributed by atoms with Gasteiger partial charge in [0.1, 0.15) is 0 Å².